The Labute approximate surface area is 122 Å². The van der Waals surface area contributed by atoms with Crippen molar-refractivity contribution < 1.29 is 13.2 Å². The van der Waals surface area contributed by atoms with Crippen LogP contribution in [0.15, 0.2) is 24.5 Å². The zero-order valence-corrected chi connectivity index (χ0v) is 12.7. The molecule has 2 aromatic rings. The monoisotopic (exact) mass is 307 g/mol. The average molecular weight is 307 g/mol. The number of aromatic nitrogens is 2. The van der Waals surface area contributed by atoms with Gasteiger partial charge < -0.3 is 10.3 Å². The fourth-order valence-electron chi connectivity index (χ4n) is 2.22. The summed E-state index contributed by atoms with van der Waals surface area (Å²) in [4.78, 5) is 19.4. The molecule has 7 heteroatoms. The minimum absolute atomic E-state index is 0.367. The van der Waals surface area contributed by atoms with Crippen LogP contribution in [0, 0.1) is 0 Å². The Balaban J connectivity index is 1.84. The quantitative estimate of drug-likeness (QED) is 0.901. The summed E-state index contributed by atoms with van der Waals surface area (Å²) < 4.78 is 23.2. The molecule has 1 aromatic carbocycles. The second kappa shape index (κ2) is 4.56. The molecule has 3 rings (SSSR count). The molecule has 21 heavy (non-hydrogen) atoms. The summed E-state index contributed by atoms with van der Waals surface area (Å²) in [5.74, 6) is -0.506. The lowest BCUT2D eigenvalue weighted by molar-refractivity contribution is -0.117. The third kappa shape index (κ3) is 2.31. The highest BCUT2D eigenvalue weighted by molar-refractivity contribution is 7.94. The van der Waals surface area contributed by atoms with Crippen molar-refractivity contribution in [3.05, 3.63) is 24.5 Å². The molecule has 1 aliphatic rings. The van der Waals surface area contributed by atoms with E-state index >= 15 is 0 Å². The summed E-state index contributed by atoms with van der Waals surface area (Å²) in [5, 5.41) is 2.32. The van der Waals surface area contributed by atoms with Gasteiger partial charge in [0.25, 0.3) is 0 Å². The van der Waals surface area contributed by atoms with Gasteiger partial charge >= 0.3 is 0 Å². The number of amides is 1. The minimum atomic E-state index is -3.45. The fourth-order valence-corrected chi connectivity index (χ4v) is 4.12. The highest BCUT2D eigenvalue weighted by Gasteiger charge is 2.50. The number of rotatable bonds is 4. The molecule has 0 radical (unpaired) electrons. The summed E-state index contributed by atoms with van der Waals surface area (Å²) in [5.41, 5.74) is 2.13. The third-order valence-corrected chi connectivity index (χ3v) is 6.86. The van der Waals surface area contributed by atoms with Gasteiger partial charge in [-0.05, 0) is 44.9 Å². The van der Waals surface area contributed by atoms with Crippen LogP contribution in [-0.4, -0.2) is 34.3 Å². The first-order valence-corrected chi connectivity index (χ1v) is 8.35. The number of imidazole rings is 1. The molecule has 0 spiro atoms. The fraction of sp³-hybridized carbons (Fsp3) is 0.429. The molecule has 112 valence electrons. The number of hydrogen-bond donors (Lipinski definition) is 2. The van der Waals surface area contributed by atoms with E-state index in [1.165, 1.54) is 13.8 Å². The Hall–Kier alpha value is -1.89. The van der Waals surface area contributed by atoms with Crippen molar-refractivity contribution in [2.24, 2.45) is 0 Å². The normalized spacial score (nSPS) is 16.1. The molecule has 0 atom stereocenters. The molecule has 1 saturated carbocycles. The predicted octanol–water partition coefficient (Wildman–Crippen LogP) is 1.86. The number of sulfone groups is 1. The standard InChI is InChI=1S/C14H17N3O3S/c1-14(2,21(19,20)10-4-5-10)13(18)17-9-3-6-11-12(7-9)16-8-15-11/h3,6-8,10H,4-5H2,1-2H3,(H,15,16)(H,17,18). The van der Waals surface area contributed by atoms with Gasteiger partial charge in [0.2, 0.25) is 5.91 Å². The van der Waals surface area contributed by atoms with Crippen molar-refractivity contribution in [2.75, 3.05) is 5.32 Å². The second-order valence-electron chi connectivity index (χ2n) is 5.84. The molecule has 1 aromatic heterocycles. The Kier molecular flexibility index (Phi) is 3.05. The maximum absolute atomic E-state index is 12.4. The maximum Gasteiger partial charge on any atom is 0.245 e. The zero-order chi connectivity index (χ0) is 15.3. The van der Waals surface area contributed by atoms with Crippen LogP contribution >= 0.6 is 0 Å². The largest absolute Gasteiger partial charge is 0.345 e. The number of aromatic amines is 1. The number of benzene rings is 1. The lowest BCUT2D eigenvalue weighted by Gasteiger charge is -2.23. The van der Waals surface area contributed by atoms with E-state index in [0.717, 1.165) is 11.0 Å². The van der Waals surface area contributed by atoms with Gasteiger partial charge in [-0.15, -0.1) is 0 Å². The van der Waals surface area contributed by atoms with E-state index in [1.807, 2.05) is 0 Å². The number of hydrogen-bond acceptors (Lipinski definition) is 4. The van der Waals surface area contributed by atoms with Crippen LogP contribution in [0.5, 0.6) is 0 Å². The van der Waals surface area contributed by atoms with Gasteiger partial charge in [0.15, 0.2) is 9.84 Å². The van der Waals surface area contributed by atoms with Crippen molar-refractivity contribution in [1.82, 2.24) is 9.97 Å². The van der Waals surface area contributed by atoms with Crippen LogP contribution in [0.1, 0.15) is 26.7 Å². The molecular formula is C14H17N3O3S. The summed E-state index contributed by atoms with van der Waals surface area (Å²) >= 11 is 0. The van der Waals surface area contributed by atoms with Crippen molar-refractivity contribution in [2.45, 2.75) is 36.7 Å². The van der Waals surface area contributed by atoms with Crippen LogP contribution in [0.4, 0.5) is 5.69 Å². The molecule has 0 unspecified atom stereocenters. The molecule has 6 nitrogen and oxygen atoms in total. The number of anilines is 1. The van der Waals surface area contributed by atoms with Gasteiger partial charge in [-0.3, -0.25) is 4.79 Å². The smallest absolute Gasteiger partial charge is 0.245 e. The maximum atomic E-state index is 12.4. The van der Waals surface area contributed by atoms with Crippen molar-refractivity contribution >= 4 is 32.5 Å². The first-order chi connectivity index (χ1) is 9.82. The van der Waals surface area contributed by atoms with Crippen molar-refractivity contribution in [3.8, 4) is 0 Å². The summed E-state index contributed by atoms with van der Waals surface area (Å²) in [7, 11) is -3.45. The SMILES string of the molecule is CC(C)(C(=O)Nc1ccc2nc[nH]c2c1)S(=O)(=O)C1CC1. The van der Waals surface area contributed by atoms with Gasteiger partial charge in [0, 0.05) is 5.69 Å². The summed E-state index contributed by atoms with van der Waals surface area (Å²) in [6.07, 6.45) is 2.87. The molecule has 0 aliphatic heterocycles. The van der Waals surface area contributed by atoms with Crippen LogP contribution in [0.2, 0.25) is 0 Å². The Morgan fingerprint density at radius 1 is 1.38 bits per heavy atom. The summed E-state index contributed by atoms with van der Waals surface area (Å²) in [6.45, 7) is 2.93. The summed E-state index contributed by atoms with van der Waals surface area (Å²) in [6, 6.07) is 5.21. The van der Waals surface area contributed by atoms with E-state index < -0.39 is 20.5 Å². The number of H-pyrrole nitrogens is 1. The van der Waals surface area contributed by atoms with Gasteiger partial charge in [0.1, 0.15) is 4.75 Å². The molecule has 1 amide bonds. The van der Waals surface area contributed by atoms with E-state index in [4.69, 9.17) is 0 Å². The van der Waals surface area contributed by atoms with Gasteiger partial charge in [-0.2, -0.15) is 0 Å². The molecule has 1 fully saturated rings. The molecule has 0 saturated heterocycles. The Morgan fingerprint density at radius 3 is 2.76 bits per heavy atom. The van der Waals surface area contributed by atoms with Crippen LogP contribution in [-0.2, 0) is 14.6 Å². The molecule has 1 heterocycles. The van der Waals surface area contributed by atoms with Crippen molar-refractivity contribution in [3.63, 3.8) is 0 Å². The molecule has 2 N–H and O–H groups in total. The van der Waals surface area contributed by atoms with Gasteiger partial charge in [-0.1, -0.05) is 0 Å². The van der Waals surface area contributed by atoms with E-state index in [0.29, 0.717) is 18.5 Å². The number of carbonyl (C=O) groups excluding carboxylic acids is 1. The highest BCUT2D eigenvalue weighted by atomic mass is 32.2. The molecule has 0 bridgehead atoms. The number of nitrogens with one attached hydrogen (secondary N) is 2. The predicted molar refractivity (Wildman–Crippen MR) is 80.7 cm³/mol. The van der Waals surface area contributed by atoms with E-state index in [-0.39, 0.29) is 5.25 Å². The topological polar surface area (TPSA) is 91.9 Å². The Bertz CT molecular complexity index is 804. The van der Waals surface area contributed by atoms with Gasteiger partial charge in [0.05, 0.1) is 22.6 Å². The minimum Gasteiger partial charge on any atom is -0.345 e. The number of nitrogens with zero attached hydrogens (tertiary/aromatic N) is 1. The van der Waals surface area contributed by atoms with Gasteiger partial charge in [-0.25, -0.2) is 13.4 Å². The number of fused-ring (bicyclic) bond motifs is 1. The van der Waals surface area contributed by atoms with Crippen LogP contribution < -0.4 is 5.32 Å². The highest BCUT2D eigenvalue weighted by Crippen LogP contribution is 2.36. The third-order valence-electron chi connectivity index (χ3n) is 3.90. The number of carbonyl (C=O) groups is 1. The second-order valence-corrected chi connectivity index (χ2v) is 8.62. The van der Waals surface area contributed by atoms with Crippen LogP contribution in [0.3, 0.4) is 0 Å². The lowest BCUT2D eigenvalue weighted by atomic mass is 10.2. The van der Waals surface area contributed by atoms with E-state index in [9.17, 15) is 13.2 Å². The molecular weight excluding hydrogens is 290 g/mol. The van der Waals surface area contributed by atoms with Crippen LogP contribution in [0.25, 0.3) is 11.0 Å². The molecule has 1 aliphatic carbocycles. The lowest BCUT2D eigenvalue weighted by Crippen LogP contribution is -2.46. The van der Waals surface area contributed by atoms with E-state index in [2.05, 4.69) is 15.3 Å². The first kappa shape index (κ1) is 14.1. The Morgan fingerprint density at radius 2 is 2.10 bits per heavy atom. The van der Waals surface area contributed by atoms with Crippen molar-refractivity contribution in [1.29, 1.82) is 0 Å². The zero-order valence-electron chi connectivity index (χ0n) is 11.9. The first-order valence-electron chi connectivity index (χ1n) is 6.80. The average Bonchev–Trinajstić information content (AvgIpc) is 3.18. The van der Waals surface area contributed by atoms with E-state index in [1.54, 1.807) is 24.5 Å².